The number of aliphatic hydroxyl groups excluding tert-OH is 1. The average molecular weight is 636 g/mol. The highest BCUT2D eigenvalue weighted by molar-refractivity contribution is 5.98. The van der Waals surface area contributed by atoms with Crippen molar-refractivity contribution >= 4 is 23.7 Å². The van der Waals surface area contributed by atoms with Crippen molar-refractivity contribution in [3.63, 3.8) is 0 Å². The number of esters is 1. The number of allylic oxidation sites excluding steroid dienone is 1. The van der Waals surface area contributed by atoms with Gasteiger partial charge in [-0.1, -0.05) is 61.7 Å². The van der Waals surface area contributed by atoms with Gasteiger partial charge in [0.1, 0.15) is 17.7 Å². The second-order valence-corrected chi connectivity index (χ2v) is 13.2. The van der Waals surface area contributed by atoms with Gasteiger partial charge in [0.15, 0.2) is 0 Å². The minimum atomic E-state index is -1.15. The highest BCUT2D eigenvalue weighted by Gasteiger charge is 2.75. The quantitative estimate of drug-likeness (QED) is 0.222. The highest BCUT2D eigenvalue weighted by Crippen LogP contribution is 2.59. The first kappa shape index (κ1) is 33.9. The number of hydrogen-bond donors (Lipinski definition) is 2. The standard InChI is InChI=1S/C36H49N3O7/c1-4-6-18-28(41)37-24(3)31(25-14-9-7-10-15-25)45-35(44)29-27-19-20-36(46-27)30(29)33(42)39(22-13-23-40)32(36)34(43)38(21-5-2)26-16-11-8-12-17-26/h4-5,7,9-10,14-15,24,26-27,29-32,40H,1-2,6,8,11-13,16-23H2,3H3,(H,37,41)/t24-,27-,29+,30+,31-,32-,36+/m1/s1. The van der Waals surface area contributed by atoms with Crippen LogP contribution in [0.2, 0.25) is 0 Å². The molecule has 2 bridgehead atoms. The maximum atomic E-state index is 14.6. The number of hydrogen-bond acceptors (Lipinski definition) is 7. The largest absolute Gasteiger partial charge is 0.455 e. The van der Waals surface area contributed by atoms with Crippen molar-refractivity contribution < 1.29 is 33.8 Å². The molecular weight excluding hydrogens is 586 g/mol. The summed E-state index contributed by atoms with van der Waals surface area (Å²) in [6, 6.07) is 7.84. The molecule has 46 heavy (non-hydrogen) atoms. The third-order valence-electron chi connectivity index (χ3n) is 10.3. The zero-order chi connectivity index (χ0) is 32.8. The average Bonchev–Trinajstić information content (AvgIpc) is 3.71. The highest BCUT2D eigenvalue weighted by atomic mass is 16.6. The van der Waals surface area contributed by atoms with Crippen molar-refractivity contribution in [3.05, 3.63) is 61.2 Å². The number of ether oxygens (including phenoxy) is 2. The summed E-state index contributed by atoms with van der Waals surface area (Å²) in [5.74, 6) is -3.00. The van der Waals surface area contributed by atoms with Gasteiger partial charge in [0.05, 0.1) is 24.0 Å². The maximum Gasteiger partial charge on any atom is 0.313 e. The zero-order valence-corrected chi connectivity index (χ0v) is 27.0. The fourth-order valence-electron chi connectivity index (χ4n) is 8.23. The van der Waals surface area contributed by atoms with Gasteiger partial charge in [-0.15, -0.1) is 13.2 Å². The van der Waals surface area contributed by atoms with E-state index < -0.39 is 47.7 Å². The lowest BCUT2D eigenvalue weighted by atomic mass is 9.70. The number of fused-ring (bicyclic) bond motifs is 1. The van der Waals surface area contributed by atoms with Crippen LogP contribution in [-0.2, 0) is 28.7 Å². The van der Waals surface area contributed by atoms with Gasteiger partial charge < -0.3 is 29.7 Å². The number of nitrogens with zero attached hydrogens (tertiary/aromatic N) is 2. The summed E-state index contributed by atoms with van der Waals surface area (Å²) in [4.78, 5) is 59.1. The van der Waals surface area contributed by atoms with Crippen LogP contribution in [0.4, 0.5) is 0 Å². The summed E-state index contributed by atoms with van der Waals surface area (Å²) >= 11 is 0. The summed E-state index contributed by atoms with van der Waals surface area (Å²) in [6.45, 7) is 9.79. The van der Waals surface area contributed by atoms with E-state index in [2.05, 4.69) is 18.5 Å². The number of carbonyl (C=O) groups is 4. The summed E-state index contributed by atoms with van der Waals surface area (Å²) in [6.07, 6.45) is 9.16. The third kappa shape index (κ3) is 6.51. The van der Waals surface area contributed by atoms with Gasteiger partial charge in [0, 0.05) is 32.2 Å². The monoisotopic (exact) mass is 635 g/mol. The molecule has 3 aliphatic heterocycles. The van der Waals surface area contributed by atoms with Crippen LogP contribution in [0.15, 0.2) is 55.6 Å². The molecule has 0 radical (unpaired) electrons. The van der Waals surface area contributed by atoms with Crippen LogP contribution in [0, 0.1) is 11.8 Å². The summed E-state index contributed by atoms with van der Waals surface area (Å²) < 4.78 is 12.8. The normalized spacial score (nSPS) is 28.3. The second kappa shape index (κ2) is 14.9. The Hall–Kier alpha value is -3.50. The summed E-state index contributed by atoms with van der Waals surface area (Å²) in [7, 11) is 0. The lowest BCUT2D eigenvalue weighted by Gasteiger charge is -2.40. The predicted molar refractivity (Wildman–Crippen MR) is 172 cm³/mol. The number of likely N-dealkylation sites (tertiary alicyclic amines) is 1. The minimum Gasteiger partial charge on any atom is -0.455 e. The van der Waals surface area contributed by atoms with Gasteiger partial charge in [0.2, 0.25) is 17.7 Å². The first-order valence-corrected chi connectivity index (χ1v) is 16.9. The van der Waals surface area contributed by atoms with E-state index in [9.17, 15) is 24.3 Å². The van der Waals surface area contributed by atoms with Crippen LogP contribution in [0.3, 0.4) is 0 Å². The smallest absolute Gasteiger partial charge is 0.313 e. The molecule has 10 heteroatoms. The van der Waals surface area contributed by atoms with Gasteiger partial charge >= 0.3 is 5.97 Å². The topological polar surface area (TPSA) is 125 Å². The lowest BCUT2D eigenvalue weighted by molar-refractivity contribution is -0.162. The van der Waals surface area contributed by atoms with Crippen LogP contribution in [-0.4, -0.2) is 88.1 Å². The second-order valence-electron chi connectivity index (χ2n) is 13.2. The number of rotatable bonds is 15. The number of benzene rings is 1. The summed E-state index contributed by atoms with van der Waals surface area (Å²) in [5, 5.41) is 12.6. The Morgan fingerprint density at radius 3 is 2.57 bits per heavy atom. The Balaban J connectivity index is 1.43. The SMILES string of the molecule is C=CCCC(=O)N[C@H](C)[C@@H](OC(=O)[C@@H]1[C@H]2C(=O)N(CCCO)[C@H](C(=O)N(CC=C)C3CCCCC3)[C@]23CC[C@H]1O3)c1ccccc1. The van der Waals surface area contributed by atoms with Gasteiger partial charge in [-0.05, 0) is 51.0 Å². The minimum absolute atomic E-state index is 0.0543. The molecule has 4 aliphatic rings. The van der Waals surface area contributed by atoms with E-state index in [1.807, 2.05) is 35.2 Å². The maximum absolute atomic E-state index is 14.6. The van der Waals surface area contributed by atoms with Crippen LogP contribution < -0.4 is 5.32 Å². The molecular formula is C36H49N3O7. The number of amides is 3. The fraction of sp³-hybridized carbons (Fsp3) is 0.611. The number of carbonyl (C=O) groups excluding carboxylic acids is 4. The fourth-order valence-corrected chi connectivity index (χ4v) is 8.23. The van der Waals surface area contributed by atoms with Crippen LogP contribution in [0.25, 0.3) is 0 Å². The molecule has 1 aromatic carbocycles. The number of nitrogens with one attached hydrogen (secondary N) is 1. The molecule has 2 N–H and O–H groups in total. The van der Waals surface area contributed by atoms with E-state index >= 15 is 0 Å². The number of aliphatic hydroxyl groups is 1. The Morgan fingerprint density at radius 1 is 1.15 bits per heavy atom. The molecule has 0 aromatic heterocycles. The molecule has 3 heterocycles. The first-order valence-electron chi connectivity index (χ1n) is 16.9. The van der Waals surface area contributed by atoms with E-state index in [4.69, 9.17) is 9.47 Å². The van der Waals surface area contributed by atoms with Crippen molar-refractivity contribution in [3.8, 4) is 0 Å². The lowest BCUT2D eigenvalue weighted by Crippen LogP contribution is -2.58. The molecule has 1 spiro atoms. The van der Waals surface area contributed by atoms with Crippen molar-refractivity contribution in [1.29, 1.82) is 0 Å². The van der Waals surface area contributed by atoms with E-state index in [1.165, 1.54) is 0 Å². The molecule has 0 unspecified atom stereocenters. The first-order chi connectivity index (χ1) is 22.3. The van der Waals surface area contributed by atoms with Gasteiger partial charge in [-0.25, -0.2) is 0 Å². The van der Waals surface area contributed by atoms with Gasteiger partial charge in [-0.3, -0.25) is 19.2 Å². The van der Waals surface area contributed by atoms with Crippen molar-refractivity contribution in [2.24, 2.45) is 11.8 Å². The van der Waals surface area contributed by atoms with Crippen LogP contribution in [0.5, 0.6) is 0 Å². The molecule has 3 saturated heterocycles. The van der Waals surface area contributed by atoms with E-state index in [-0.39, 0.29) is 43.3 Å². The third-order valence-corrected chi connectivity index (χ3v) is 10.3. The van der Waals surface area contributed by atoms with Crippen LogP contribution >= 0.6 is 0 Å². The molecule has 10 nitrogen and oxygen atoms in total. The van der Waals surface area contributed by atoms with Gasteiger partial charge in [0.25, 0.3) is 0 Å². The van der Waals surface area contributed by atoms with Crippen molar-refractivity contribution in [1.82, 2.24) is 15.1 Å². The molecule has 4 fully saturated rings. The molecule has 3 amide bonds. The Labute approximate surface area is 272 Å². The van der Waals surface area contributed by atoms with Gasteiger partial charge in [-0.2, -0.15) is 0 Å². The van der Waals surface area contributed by atoms with E-state index in [0.29, 0.717) is 37.8 Å². The van der Waals surface area contributed by atoms with E-state index in [0.717, 1.165) is 32.1 Å². The van der Waals surface area contributed by atoms with Crippen molar-refractivity contribution in [2.45, 2.75) is 107 Å². The molecule has 250 valence electrons. The Bertz CT molecular complexity index is 1280. The molecule has 7 atom stereocenters. The zero-order valence-electron chi connectivity index (χ0n) is 27.0. The molecule has 1 saturated carbocycles. The molecule has 1 aliphatic carbocycles. The summed E-state index contributed by atoms with van der Waals surface area (Å²) in [5.41, 5.74) is -0.437. The molecule has 1 aromatic rings. The Kier molecular flexibility index (Phi) is 11.0. The van der Waals surface area contributed by atoms with Crippen molar-refractivity contribution in [2.75, 3.05) is 19.7 Å². The predicted octanol–water partition coefficient (Wildman–Crippen LogP) is 3.85. The van der Waals surface area contributed by atoms with Crippen LogP contribution in [0.1, 0.15) is 82.8 Å². The molecule has 5 rings (SSSR count). The van der Waals surface area contributed by atoms with E-state index in [1.54, 1.807) is 24.0 Å². The Morgan fingerprint density at radius 2 is 1.89 bits per heavy atom.